The molecule has 112 valence electrons. The van der Waals surface area contributed by atoms with Crippen LogP contribution in [0, 0.1) is 5.92 Å². The highest BCUT2D eigenvalue weighted by Gasteiger charge is 2.12. The lowest BCUT2D eigenvalue weighted by molar-refractivity contribution is 0.0791. The van der Waals surface area contributed by atoms with Crippen LogP contribution in [0.15, 0.2) is 24.3 Å². The minimum Gasteiger partial charge on any atom is -0.342 e. The maximum absolute atomic E-state index is 12.3. The maximum Gasteiger partial charge on any atom is 0.253 e. The summed E-state index contributed by atoms with van der Waals surface area (Å²) in [5, 5.41) is 0. The summed E-state index contributed by atoms with van der Waals surface area (Å²) in [5.41, 5.74) is 2.11. The van der Waals surface area contributed by atoms with Crippen LogP contribution in [0.2, 0.25) is 0 Å². The largest absolute Gasteiger partial charge is 0.342 e. The van der Waals surface area contributed by atoms with Gasteiger partial charge in [-0.05, 0) is 48.8 Å². The molecule has 0 aliphatic heterocycles. The van der Waals surface area contributed by atoms with E-state index in [0.29, 0.717) is 11.8 Å². The Labute approximate surface area is 124 Å². The van der Waals surface area contributed by atoms with Gasteiger partial charge >= 0.3 is 0 Å². The highest BCUT2D eigenvalue weighted by Crippen LogP contribution is 2.19. The lowest BCUT2D eigenvalue weighted by Gasteiger charge is -2.18. The minimum absolute atomic E-state index is 0.129. The summed E-state index contributed by atoms with van der Waals surface area (Å²) in [5.74, 6) is 1.39. The van der Waals surface area contributed by atoms with E-state index in [-0.39, 0.29) is 5.91 Å². The fourth-order valence-electron chi connectivity index (χ4n) is 2.25. The lowest BCUT2D eigenvalue weighted by Crippen LogP contribution is -2.27. The molecule has 0 radical (unpaired) electrons. The lowest BCUT2D eigenvalue weighted by atomic mass is 9.97. The molecule has 0 N–H and O–H groups in total. The number of amides is 1. The Balaban J connectivity index is 2.58. The summed E-state index contributed by atoms with van der Waals surface area (Å²) in [6.45, 7) is 9.68. The molecule has 1 unspecified atom stereocenters. The van der Waals surface area contributed by atoms with E-state index in [1.165, 1.54) is 12.0 Å². The molecule has 0 saturated heterocycles. The third-order valence-electron chi connectivity index (χ3n) is 3.96. The Morgan fingerprint density at radius 1 is 1.15 bits per heavy atom. The molecule has 0 aromatic heterocycles. The van der Waals surface area contributed by atoms with Gasteiger partial charge in [0.1, 0.15) is 0 Å². The van der Waals surface area contributed by atoms with Crippen LogP contribution in [0.3, 0.4) is 0 Å². The molecule has 2 nitrogen and oxygen atoms in total. The molecule has 0 spiro atoms. The van der Waals surface area contributed by atoms with E-state index in [1.807, 2.05) is 24.1 Å². The average molecular weight is 275 g/mol. The first-order chi connectivity index (χ1) is 9.45. The Bertz CT molecular complexity index is 408. The van der Waals surface area contributed by atoms with E-state index < -0.39 is 0 Å². The minimum atomic E-state index is 0.129. The quantitative estimate of drug-likeness (QED) is 0.706. The summed E-state index contributed by atoms with van der Waals surface area (Å²) in [6, 6.07) is 8.10. The summed E-state index contributed by atoms with van der Waals surface area (Å²) in [7, 11) is 1.89. The highest BCUT2D eigenvalue weighted by molar-refractivity contribution is 5.94. The van der Waals surface area contributed by atoms with Crippen LogP contribution in [0.4, 0.5) is 0 Å². The Kier molecular flexibility index (Phi) is 6.77. The molecule has 0 heterocycles. The van der Waals surface area contributed by atoms with Crippen molar-refractivity contribution in [2.45, 2.75) is 52.9 Å². The summed E-state index contributed by atoms with van der Waals surface area (Å²) in [6.07, 6.45) is 3.37. The molecule has 0 fully saturated rings. The third kappa shape index (κ3) is 4.99. The van der Waals surface area contributed by atoms with Crippen LogP contribution >= 0.6 is 0 Å². The second-order valence-electron chi connectivity index (χ2n) is 6.19. The molecule has 1 aromatic rings. The second kappa shape index (κ2) is 8.08. The van der Waals surface area contributed by atoms with Crippen molar-refractivity contribution < 1.29 is 4.79 Å². The van der Waals surface area contributed by atoms with Gasteiger partial charge in [-0.2, -0.15) is 0 Å². The van der Waals surface area contributed by atoms with Crippen molar-refractivity contribution in [1.82, 2.24) is 4.90 Å². The van der Waals surface area contributed by atoms with Crippen LogP contribution in [-0.2, 0) is 0 Å². The monoisotopic (exact) mass is 275 g/mol. The Hall–Kier alpha value is -1.31. The van der Waals surface area contributed by atoms with Gasteiger partial charge in [0, 0.05) is 19.2 Å². The van der Waals surface area contributed by atoms with E-state index in [2.05, 4.69) is 39.8 Å². The van der Waals surface area contributed by atoms with Crippen molar-refractivity contribution in [2.75, 3.05) is 13.6 Å². The molecule has 20 heavy (non-hydrogen) atoms. The molecule has 0 bridgehead atoms. The van der Waals surface area contributed by atoms with Gasteiger partial charge in [-0.25, -0.2) is 0 Å². The summed E-state index contributed by atoms with van der Waals surface area (Å²) in [4.78, 5) is 14.1. The summed E-state index contributed by atoms with van der Waals surface area (Å²) >= 11 is 0. The van der Waals surface area contributed by atoms with Gasteiger partial charge in [-0.1, -0.05) is 39.8 Å². The van der Waals surface area contributed by atoms with Crippen molar-refractivity contribution in [2.24, 2.45) is 5.92 Å². The highest BCUT2D eigenvalue weighted by atomic mass is 16.2. The molecule has 1 rings (SSSR count). The average Bonchev–Trinajstić information content (AvgIpc) is 2.45. The molecule has 1 atom stereocenters. The zero-order valence-corrected chi connectivity index (χ0v) is 13.6. The van der Waals surface area contributed by atoms with Crippen molar-refractivity contribution in [3.05, 3.63) is 35.4 Å². The van der Waals surface area contributed by atoms with Gasteiger partial charge < -0.3 is 4.90 Å². The first-order valence-corrected chi connectivity index (χ1v) is 7.81. The first kappa shape index (κ1) is 16.7. The van der Waals surface area contributed by atoms with Crippen LogP contribution in [0.25, 0.3) is 0 Å². The molecule has 0 aliphatic rings. The van der Waals surface area contributed by atoms with Gasteiger partial charge in [-0.3, -0.25) is 4.79 Å². The van der Waals surface area contributed by atoms with Gasteiger partial charge in [0.15, 0.2) is 0 Å². The van der Waals surface area contributed by atoms with Crippen LogP contribution < -0.4 is 0 Å². The van der Waals surface area contributed by atoms with E-state index >= 15 is 0 Å². The zero-order valence-electron chi connectivity index (χ0n) is 13.6. The standard InChI is InChI=1S/C18H29NO/c1-6-15(4)16-9-11-17(12-10-16)18(20)19(5)13-7-8-14(2)3/h9-12,14-15H,6-8,13H2,1-5H3. The van der Waals surface area contributed by atoms with Crippen molar-refractivity contribution in [1.29, 1.82) is 0 Å². The van der Waals surface area contributed by atoms with Crippen molar-refractivity contribution in [3.8, 4) is 0 Å². The fraction of sp³-hybridized carbons (Fsp3) is 0.611. The Morgan fingerprint density at radius 3 is 2.25 bits per heavy atom. The predicted octanol–water partition coefficient (Wildman–Crippen LogP) is 4.71. The molecule has 0 saturated carbocycles. The van der Waals surface area contributed by atoms with E-state index in [1.54, 1.807) is 0 Å². The number of carbonyl (C=O) groups excluding carboxylic acids is 1. The Morgan fingerprint density at radius 2 is 1.75 bits per heavy atom. The SMILES string of the molecule is CCC(C)c1ccc(C(=O)N(C)CCCC(C)C)cc1. The number of nitrogens with zero attached hydrogens (tertiary/aromatic N) is 1. The molecule has 0 aliphatic carbocycles. The van der Waals surface area contributed by atoms with Crippen molar-refractivity contribution >= 4 is 5.91 Å². The van der Waals surface area contributed by atoms with E-state index in [0.717, 1.165) is 24.9 Å². The summed E-state index contributed by atoms with van der Waals surface area (Å²) < 4.78 is 0. The smallest absolute Gasteiger partial charge is 0.253 e. The van der Waals surface area contributed by atoms with E-state index in [4.69, 9.17) is 0 Å². The van der Waals surface area contributed by atoms with E-state index in [9.17, 15) is 4.79 Å². The van der Waals surface area contributed by atoms with Crippen molar-refractivity contribution in [3.63, 3.8) is 0 Å². The fourth-order valence-corrected chi connectivity index (χ4v) is 2.25. The predicted molar refractivity (Wildman–Crippen MR) is 86.2 cm³/mol. The number of hydrogen-bond acceptors (Lipinski definition) is 1. The molecular formula is C18H29NO. The van der Waals surface area contributed by atoms with Gasteiger partial charge in [0.2, 0.25) is 0 Å². The van der Waals surface area contributed by atoms with Crippen LogP contribution in [0.1, 0.15) is 68.8 Å². The van der Waals surface area contributed by atoms with Gasteiger partial charge in [-0.15, -0.1) is 0 Å². The molecule has 1 aromatic carbocycles. The number of benzene rings is 1. The molecular weight excluding hydrogens is 246 g/mol. The zero-order chi connectivity index (χ0) is 15.1. The molecule has 2 heteroatoms. The van der Waals surface area contributed by atoms with Gasteiger partial charge in [0.05, 0.1) is 0 Å². The van der Waals surface area contributed by atoms with Crippen LogP contribution in [0.5, 0.6) is 0 Å². The second-order valence-corrected chi connectivity index (χ2v) is 6.19. The first-order valence-electron chi connectivity index (χ1n) is 7.81. The third-order valence-corrected chi connectivity index (χ3v) is 3.96. The number of carbonyl (C=O) groups is 1. The molecule has 1 amide bonds. The number of hydrogen-bond donors (Lipinski definition) is 0. The number of rotatable bonds is 7. The normalized spacial score (nSPS) is 12.5. The van der Waals surface area contributed by atoms with Gasteiger partial charge in [0.25, 0.3) is 5.91 Å². The topological polar surface area (TPSA) is 20.3 Å². The van der Waals surface area contributed by atoms with Crippen LogP contribution in [-0.4, -0.2) is 24.4 Å². The maximum atomic E-state index is 12.3.